The zero-order valence-electron chi connectivity index (χ0n) is 13.8. The molecule has 3 rings (SSSR count). The van der Waals surface area contributed by atoms with Gasteiger partial charge in [0.1, 0.15) is 11.6 Å². The van der Waals surface area contributed by atoms with Crippen LogP contribution in [0.4, 0.5) is 16.2 Å². The minimum Gasteiger partial charge on any atom is -0.370 e. The lowest BCUT2D eigenvalue weighted by molar-refractivity contribution is 0.345. The summed E-state index contributed by atoms with van der Waals surface area (Å²) in [6.07, 6.45) is 3.73. The Morgan fingerprint density at radius 3 is 2.44 bits per heavy atom. The Hall–Kier alpha value is -1.63. The van der Waals surface area contributed by atoms with Crippen molar-refractivity contribution in [3.8, 4) is 0 Å². The van der Waals surface area contributed by atoms with Crippen molar-refractivity contribution in [3.05, 3.63) is 47.4 Å². The van der Waals surface area contributed by atoms with E-state index in [4.69, 9.17) is 11.5 Å². The molecule has 0 radical (unpaired) electrons. The van der Waals surface area contributed by atoms with Gasteiger partial charge in [-0.25, -0.2) is 9.37 Å². The molecule has 1 aliphatic carbocycles. The largest absolute Gasteiger partial charge is 0.370 e. The highest BCUT2D eigenvalue weighted by Crippen LogP contribution is 2.35. The van der Waals surface area contributed by atoms with Crippen LogP contribution in [0.3, 0.4) is 0 Å². The third-order valence-corrected chi connectivity index (χ3v) is 4.22. The van der Waals surface area contributed by atoms with Crippen LogP contribution in [0.5, 0.6) is 0 Å². The Balaban J connectivity index is 0.00000156. The van der Waals surface area contributed by atoms with Crippen molar-refractivity contribution in [1.29, 1.82) is 0 Å². The summed E-state index contributed by atoms with van der Waals surface area (Å²) in [6.45, 7) is 0.775. The third-order valence-electron chi connectivity index (χ3n) is 4.22. The van der Waals surface area contributed by atoms with Crippen LogP contribution in [-0.2, 0) is 6.42 Å². The van der Waals surface area contributed by atoms with Crippen molar-refractivity contribution in [2.75, 3.05) is 17.6 Å². The van der Waals surface area contributed by atoms with Crippen molar-refractivity contribution in [2.24, 2.45) is 5.73 Å². The first-order valence-electron chi connectivity index (χ1n) is 7.98. The number of hydrogen-bond donors (Lipinski definition) is 3. The highest BCUT2D eigenvalue weighted by atomic mass is 35.5. The van der Waals surface area contributed by atoms with Crippen LogP contribution in [0.1, 0.15) is 36.4 Å². The molecule has 1 aliphatic rings. The highest BCUT2D eigenvalue weighted by Gasteiger charge is 2.29. The minimum absolute atomic E-state index is 0. The van der Waals surface area contributed by atoms with Crippen molar-refractivity contribution >= 4 is 36.6 Å². The second kappa shape index (κ2) is 9.75. The predicted octanol–water partition coefficient (Wildman–Crippen LogP) is 3.29. The van der Waals surface area contributed by atoms with Gasteiger partial charge in [-0.2, -0.15) is 4.98 Å². The number of nitrogens with one attached hydrogen (secondary N) is 1. The van der Waals surface area contributed by atoms with E-state index < -0.39 is 0 Å². The highest BCUT2D eigenvalue weighted by molar-refractivity contribution is 5.85. The Morgan fingerprint density at radius 1 is 1.12 bits per heavy atom. The second-order valence-electron chi connectivity index (χ2n) is 6.12. The fourth-order valence-electron chi connectivity index (χ4n) is 2.85. The van der Waals surface area contributed by atoms with Gasteiger partial charge in [-0.1, -0.05) is 12.1 Å². The summed E-state index contributed by atoms with van der Waals surface area (Å²) >= 11 is 0. The van der Waals surface area contributed by atoms with E-state index in [1.54, 1.807) is 0 Å². The summed E-state index contributed by atoms with van der Waals surface area (Å²) in [7, 11) is 0. The van der Waals surface area contributed by atoms with Crippen LogP contribution in [0.15, 0.2) is 30.3 Å². The van der Waals surface area contributed by atoms with Crippen molar-refractivity contribution < 1.29 is 4.39 Å². The first-order chi connectivity index (χ1) is 11.1. The Labute approximate surface area is 159 Å². The smallest absolute Gasteiger partial charge is 0.222 e. The van der Waals surface area contributed by atoms with Gasteiger partial charge in [-0.15, -0.1) is 24.8 Å². The van der Waals surface area contributed by atoms with E-state index in [9.17, 15) is 4.39 Å². The number of rotatable bonds is 6. The van der Waals surface area contributed by atoms with Crippen LogP contribution in [0.25, 0.3) is 0 Å². The van der Waals surface area contributed by atoms with E-state index in [2.05, 4.69) is 15.3 Å². The molecule has 1 fully saturated rings. The van der Waals surface area contributed by atoms with Crippen molar-refractivity contribution in [1.82, 2.24) is 9.97 Å². The molecular formula is C17H24Cl2FN5. The molecule has 1 aromatic heterocycles. The second-order valence-corrected chi connectivity index (χ2v) is 6.12. The van der Waals surface area contributed by atoms with Gasteiger partial charge in [-0.3, -0.25) is 0 Å². The molecule has 0 unspecified atom stereocenters. The molecule has 1 heterocycles. The summed E-state index contributed by atoms with van der Waals surface area (Å²) in [5.74, 6) is 1.25. The molecule has 5 N–H and O–H groups in total. The summed E-state index contributed by atoms with van der Waals surface area (Å²) in [5, 5.41) is 3.29. The maximum Gasteiger partial charge on any atom is 0.222 e. The zero-order chi connectivity index (χ0) is 16.2. The van der Waals surface area contributed by atoms with Gasteiger partial charge < -0.3 is 16.8 Å². The number of halogens is 3. The number of anilines is 2. The molecule has 0 saturated heterocycles. The molecule has 0 amide bonds. The first-order valence-corrected chi connectivity index (χ1v) is 7.98. The Kier molecular flexibility index (Phi) is 8.35. The predicted molar refractivity (Wildman–Crippen MR) is 104 cm³/mol. The molecule has 0 spiro atoms. The fraction of sp³-hybridized carbons (Fsp3) is 0.412. The summed E-state index contributed by atoms with van der Waals surface area (Å²) in [4.78, 5) is 8.53. The number of nitrogens with zero attached hydrogens (tertiary/aromatic N) is 2. The number of nitrogens with two attached hydrogens (primary N) is 2. The van der Waals surface area contributed by atoms with Crippen molar-refractivity contribution in [2.45, 2.75) is 37.6 Å². The molecule has 0 atom stereocenters. The van der Waals surface area contributed by atoms with E-state index in [1.807, 2.05) is 18.2 Å². The molecule has 1 aromatic carbocycles. The maximum atomic E-state index is 12.8. The Morgan fingerprint density at radius 2 is 1.80 bits per heavy atom. The standard InChI is InChI=1S/C17H22FN5.2ClH/c18-13-5-3-11(4-6-13)2-1-7-21-16-10-15(22-17(20)23-16)12-8-14(19)9-12;;/h3-6,10,12,14H,1-2,7-9,19H2,(H3,20,21,22,23);2*1H. The Bertz CT molecular complexity index is 663. The lowest BCUT2D eigenvalue weighted by Gasteiger charge is -2.32. The monoisotopic (exact) mass is 387 g/mol. The molecule has 0 aliphatic heterocycles. The van der Waals surface area contributed by atoms with Crippen LogP contribution in [-0.4, -0.2) is 22.6 Å². The van der Waals surface area contributed by atoms with E-state index in [0.29, 0.717) is 11.9 Å². The van der Waals surface area contributed by atoms with E-state index >= 15 is 0 Å². The number of aromatic nitrogens is 2. The van der Waals surface area contributed by atoms with E-state index in [-0.39, 0.29) is 36.7 Å². The van der Waals surface area contributed by atoms with Crippen LogP contribution >= 0.6 is 24.8 Å². The number of nitrogen functional groups attached to an aromatic ring is 1. The van der Waals surface area contributed by atoms with Crippen molar-refractivity contribution in [3.63, 3.8) is 0 Å². The molecular weight excluding hydrogens is 364 g/mol. The zero-order valence-corrected chi connectivity index (χ0v) is 15.5. The number of aryl methyl sites for hydroxylation is 1. The van der Waals surface area contributed by atoms with Gasteiger partial charge in [0.2, 0.25) is 5.95 Å². The fourth-order valence-corrected chi connectivity index (χ4v) is 2.85. The maximum absolute atomic E-state index is 12.8. The van der Waals surface area contributed by atoms with Crippen LogP contribution in [0, 0.1) is 5.82 Å². The third kappa shape index (κ3) is 5.99. The van der Waals surface area contributed by atoms with Gasteiger partial charge in [0, 0.05) is 24.6 Å². The van der Waals surface area contributed by atoms with E-state index in [1.165, 1.54) is 12.1 Å². The minimum atomic E-state index is -0.202. The lowest BCUT2D eigenvalue weighted by Crippen LogP contribution is -2.35. The first kappa shape index (κ1) is 21.4. The lowest BCUT2D eigenvalue weighted by atomic mass is 9.78. The summed E-state index contributed by atoms with van der Waals surface area (Å²) < 4.78 is 12.8. The molecule has 138 valence electrons. The molecule has 8 heteroatoms. The summed E-state index contributed by atoms with van der Waals surface area (Å²) in [6, 6.07) is 8.85. The molecule has 5 nitrogen and oxygen atoms in total. The summed E-state index contributed by atoms with van der Waals surface area (Å²) in [5.41, 5.74) is 13.7. The quantitative estimate of drug-likeness (QED) is 0.661. The normalized spacial score (nSPS) is 18.5. The number of hydrogen-bond acceptors (Lipinski definition) is 5. The topological polar surface area (TPSA) is 89.8 Å². The van der Waals surface area contributed by atoms with Gasteiger partial charge in [0.15, 0.2) is 0 Å². The average molecular weight is 388 g/mol. The SMILES string of the molecule is Cl.Cl.Nc1nc(NCCCc2ccc(F)cc2)cc(C2CC(N)C2)n1. The molecule has 2 aromatic rings. The van der Waals surface area contributed by atoms with Gasteiger partial charge in [0.25, 0.3) is 0 Å². The van der Waals surface area contributed by atoms with Gasteiger partial charge in [-0.05, 0) is 43.4 Å². The molecule has 25 heavy (non-hydrogen) atoms. The van der Waals surface area contributed by atoms with Crippen LogP contribution < -0.4 is 16.8 Å². The van der Waals surface area contributed by atoms with E-state index in [0.717, 1.165) is 49.3 Å². The average Bonchev–Trinajstić information content (AvgIpc) is 2.50. The molecule has 1 saturated carbocycles. The number of benzene rings is 1. The van der Waals surface area contributed by atoms with Gasteiger partial charge >= 0.3 is 0 Å². The van der Waals surface area contributed by atoms with Crippen LogP contribution in [0.2, 0.25) is 0 Å². The van der Waals surface area contributed by atoms with Gasteiger partial charge in [0.05, 0.1) is 5.69 Å². The molecule has 0 bridgehead atoms.